The first-order chi connectivity index (χ1) is 6.90. The first-order valence-electron chi connectivity index (χ1n) is 5.02. The van der Waals surface area contributed by atoms with Gasteiger partial charge in [-0.3, -0.25) is 10.2 Å². The van der Waals surface area contributed by atoms with E-state index in [1.807, 2.05) is 20.8 Å². The summed E-state index contributed by atoms with van der Waals surface area (Å²) >= 11 is 0. The van der Waals surface area contributed by atoms with Gasteiger partial charge in [0.15, 0.2) is 0 Å². The number of carbonyl (C=O) groups is 1. The van der Waals surface area contributed by atoms with Gasteiger partial charge in [0.2, 0.25) is 0 Å². The van der Waals surface area contributed by atoms with Crippen LogP contribution in [-0.4, -0.2) is 34.8 Å². The van der Waals surface area contributed by atoms with E-state index in [0.717, 1.165) is 0 Å². The van der Waals surface area contributed by atoms with Gasteiger partial charge >= 0.3 is 0 Å². The number of hydrogen-bond donors (Lipinski definition) is 2. The van der Waals surface area contributed by atoms with Crippen molar-refractivity contribution < 1.29 is 4.79 Å². The lowest BCUT2D eigenvalue weighted by Crippen LogP contribution is -2.40. The molecule has 0 saturated heterocycles. The molecule has 0 fully saturated rings. The molecule has 4 nitrogen and oxygen atoms in total. The standard InChI is InChI=1S/C11H19N3O/c1-5-14(8(2)3)11(15)10(13)7-6-9(4)12/h6-8,12-13H,5H2,1-4H3/b7-6-,12-9?,13-10?. The third kappa shape index (κ3) is 4.54. The zero-order valence-electron chi connectivity index (χ0n) is 9.79. The van der Waals surface area contributed by atoms with Crippen LogP contribution in [0.4, 0.5) is 0 Å². The molecular weight excluding hydrogens is 190 g/mol. The minimum absolute atomic E-state index is 0.0721. The summed E-state index contributed by atoms with van der Waals surface area (Å²) in [6.45, 7) is 7.92. The highest BCUT2D eigenvalue weighted by molar-refractivity contribution is 6.42. The lowest BCUT2D eigenvalue weighted by molar-refractivity contribution is -0.125. The second-order valence-electron chi connectivity index (χ2n) is 3.61. The average Bonchev–Trinajstić information content (AvgIpc) is 2.14. The Morgan fingerprint density at radius 1 is 1.33 bits per heavy atom. The fourth-order valence-electron chi connectivity index (χ4n) is 1.18. The summed E-state index contributed by atoms with van der Waals surface area (Å²) in [6, 6.07) is 0.0947. The molecule has 0 aromatic heterocycles. The zero-order valence-corrected chi connectivity index (χ0v) is 9.79. The van der Waals surface area contributed by atoms with Crippen LogP contribution >= 0.6 is 0 Å². The van der Waals surface area contributed by atoms with Crippen LogP contribution in [0, 0.1) is 10.8 Å². The Morgan fingerprint density at radius 2 is 1.87 bits per heavy atom. The molecule has 0 bridgehead atoms. The fourth-order valence-corrected chi connectivity index (χ4v) is 1.18. The Balaban J connectivity index is 4.56. The van der Waals surface area contributed by atoms with E-state index >= 15 is 0 Å². The van der Waals surface area contributed by atoms with Crippen LogP contribution in [0.1, 0.15) is 27.7 Å². The summed E-state index contributed by atoms with van der Waals surface area (Å²) in [6.07, 6.45) is 2.82. The second kappa shape index (κ2) is 6.11. The summed E-state index contributed by atoms with van der Waals surface area (Å²) in [5, 5.41) is 14.7. The molecular formula is C11H19N3O. The molecule has 0 spiro atoms. The third-order valence-electron chi connectivity index (χ3n) is 1.96. The largest absolute Gasteiger partial charge is 0.335 e. The highest BCUT2D eigenvalue weighted by Gasteiger charge is 2.17. The van der Waals surface area contributed by atoms with Gasteiger partial charge in [-0.25, -0.2) is 0 Å². The molecule has 0 aromatic carbocycles. The van der Waals surface area contributed by atoms with Crippen molar-refractivity contribution in [3.05, 3.63) is 12.2 Å². The van der Waals surface area contributed by atoms with Gasteiger partial charge in [0.1, 0.15) is 5.71 Å². The molecule has 0 aliphatic rings. The summed E-state index contributed by atoms with van der Waals surface area (Å²) in [5.41, 5.74) is 0.261. The third-order valence-corrected chi connectivity index (χ3v) is 1.96. The quantitative estimate of drug-likeness (QED) is 0.667. The molecule has 0 heterocycles. The van der Waals surface area contributed by atoms with Crippen molar-refractivity contribution in [1.29, 1.82) is 10.8 Å². The number of rotatable bonds is 5. The SMILES string of the molecule is CCN(C(=O)C(=N)/C=C\C(C)=N)C(C)C. The van der Waals surface area contributed by atoms with E-state index in [2.05, 4.69) is 0 Å². The smallest absolute Gasteiger partial charge is 0.271 e. The Morgan fingerprint density at radius 3 is 2.20 bits per heavy atom. The predicted molar refractivity (Wildman–Crippen MR) is 62.8 cm³/mol. The van der Waals surface area contributed by atoms with Crippen molar-refractivity contribution in [2.45, 2.75) is 33.7 Å². The Hall–Kier alpha value is -1.45. The van der Waals surface area contributed by atoms with Crippen molar-refractivity contribution >= 4 is 17.3 Å². The molecule has 0 rings (SSSR count). The Kier molecular flexibility index (Phi) is 5.52. The number of carbonyl (C=O) groups excluding carboxylic acids is 1. The Bertz CT molecular complexity index is 292. The van der Waals surface area contributed by atoms with Gasteiger partial charge in [0, 0.05) is 18.3 Å². The van der Waals surface area contributed by atoms with Crippen molar-refractivity contribution in [2.24, 2.45) is 0 Å². The summed E-state index contributed by atoms with van der Waals surface area (Å²) in [4.78, 5) is 13.3. The summed E-state index contributed by atoms with van der Waals surface area (Å²) in [7, 11) is 0. The first kappa shape index (κ1) is 13.5. The molecule has 0 aliphatic heterocycles. The van der Waals surface area contributed by atoms with E-state index in [1.54, 1.807) is 11.8 Å². The van der Waals surface area contributed by atoms with E-state index in [9.17, 15) is 4.79 Å². The van der Waals surface area contributed by atoms with Gasteiger partial charge in [-0.1, -0.05) is 0 Å². The highest BCUT2D eigenvalue weighted by atomic mass is 16.2. The molecule has 15 heavy (non-hydrogen) atoms. The van der Waals surface area contributed by atoms with Crippen molar-refractivity contribution in [1.82, 2.24) is 4.90 Å². The topological polar surface area (TPSA) is 68.0 Å². The molecule has 2 N–H and O–H groups in total. The Labute approximate surface area is 91.0 Å². The van der Waals surface area contributed by atoms with Crippen LogP contribution in [-0.2, 0) is 4.79 Å². The predicted octanol–water partition coefficient (Wildman–Crippen LogP) is 1.86. The van der Waals surface area contributed by atoms with Gasteiger partial charge in [0.05, 0.1) is 0 Å². The average molecular weight is 209 g/mol. The molecule has 0 aromatic rings. The van der Waals surface area contributed by atoms with Gasteiger partial charge < -0.3 is 10.3 Å². The van der Waals surface area contributed by atoms with Crippen LogP contribution in [0.2, 0.25) is 0 Å². The molecule has 0 unspecified atom stereocenters. The summed E-state index contributed by atoms with van der Waals surface area (Å²) < 4.78 is 0. The van der Waals surface area contributed by atoms with Crippen LogP contribution in [0.25, 0.3) is 0 Å². The maximum Gasteiger partial charge on any atom is 0.271 e. The lowest BCUT2D eigenvalue weighted by Gasteiger charge is -2.24. The number of allylic oxidation sites excluding steroid dienone is 1. The maximum atomic E-state index is 11.7. The van der Waals surface area contributed by atoms with Gasteiger partial charge in [0.25, 0.3) is 5.91 Å². The van der Waals surface area contributed by atoms with Gasteiger partial charge in [-0.15, -0.1) is 0 Å². The molecule has 0 saturated carbocycles. The van der Waals surface area contributed by atoms with Crippen molar-refractivity contribution in [2.75, 3.05) is 6.54 Å². The highest BCUT2D eigenvalue weighted by Crippen LogP contribution is 2.00. The minimum Gasteiger partial charge on any atom is -0.335 e. The number of nitrogens with one attached hydrogen (secondary N) is 2. The second-order valence-corrected chi connectivity index (χ2v) is 3.61. The lowest BCUT2D eigenvalue weighted by atomic mass is 10.2. The van der Waals surface area contributed by atoms with E-state index in [1.165, 1.54) is 12.2 Å². The fraction of sp³-hybridized carbons (Fsp3) is 0.545. The molecule has 1 amide bonds. The monoisotopic (exact) mass is 209 g/mol. The molecule has 4 heteroatoms. The van der Waals surface area contributed by atoms with Crippen LogP contribution in [0.3, 0.4) is 0 Å². The van der Waals surface area contributed by atoms with Crippen LogP contribution < -0.4 is 0 Å². The molecule has 0 atom stereocenters. The minimum atomic E-state index is -0.287. The van der Waals surface area contributed by atoms with E-state index < -0.39 is 0 Å². The zero-order chi connectivity index (χ0) is 12.0. The molecule has 84 valence electrons. The van der Waals surface area contributed by atoms with Crippen LogP contribution in [0.15, 0.2) is 12.2 Å². The van der Waals surface area contributed by atoms with Crippen LogP contribution in [0.5, 0.6) is 0 Å². The number of nitrogens with zero attached hydrogens (tertiary/aromatic N) is 1. The molecule has 0 radical (unpaired) electrons. The number of amides is 1. The van der Waals surface area contributed by atoms with E-state index in [4.69, 9.17) is 10.8 Å². The summed E-state index contributed by atoms with van der Waals surface area (Å²) in [5.74, 6) is -0.287. The van der Waals surface area contributed by atoms with E-state index in [-0.39, 0.29) is 17.7 Å². The van der Waals surface area contributed by atoms with E-state index in [0.29, 0.717) is 12.3 Å². The van der Waals surface area contributed by atoms with Gasteiger partial charge in [-0.2, -0.15) is 0 Å². The van der Waals surface area contributed by atoms with Gasteiger partial charge in [-0.05, 0) is 39.8 Å². The first-order valence-corrected chi connectivity index (χ1v) is 5.02. The van der Waals surface area contributed by atoms with Crippen molar-refractivity contribution in [3.8, 4) is 0 Å². The van der Waals surface area contributed by atoms with Crippen molar-refractivity contribution in [3.63, 3.8) is 0 Å². The molecule has 0 aliphatic carbocycles. The maximum absolute atomic E-state index is 11.7. The normalized spacial score (nSPS) is 10.7. The number of hydrogen-bond acceptors (Lipinski definition) is 3.